The molecule has 1 aromatic heterocycles. The Kier molecular flexibility index (Phi) is 9.63. The van der Waals surface area contributed by atoms with Crippen molar-refractivity contribution in [1.82, 2.24) is 25.5 Å². The Morgan fingerprint density at radius 2 is 1.69 bits per heavy atom. The zero-order valence-corrected chi connectivity index (χ0v) is 20.8. The number of urea groups is 1. The van der Waals surface area contributed by atoms with Gasteiger partial charge in [-0.1, -0.05) is 37.1 Å². The molecule has 0 unspecified atom stereocenters. The lowest BCUT2D eigenvalue weighted by atomic mass is 10.0. The van der Waals surface area contributed by atoms with Crippen molar-refractivity contribution in [1.29, 1.82) is 0 Å². The molecule has 188 valence electrons. The van der Waals surface area contributed by atoms with Crippen LogP contribution in [0.25, 0.3) is 22.0 Å². The lowest BCUT2D eigenvalue weighted by Crippen LogP contribution is -2.43. The molecule has 0 aliphatic rings. The van der Waals surface area contributed by atoms with Gasteiger partial charge in [-0.05, 0) is 56.3 Å². The van der Waals surface area contributed by atoms with Crippen LogP contribution in [0.2, 0.25) is 0 Å². The molecule has 0 saturated carbocycles. The van der Waals surface area contributed by atoms with Crippen molar-refractivity contribution < 1.29 is 14.8 Å². The summed E-state index contributed by atoms with van der Waals surface area (Å²) in [4.78, 5) is 27.9. The quantitative estimate of drug-likeness (QED) is 0.208. The number of hydroxylamine groups is 1. The molecule has 0 spiro atoms. The fourth-order valence-corrected chi connectivity index (χ4v) is 3.95. The molecular weight excluding hydrogens is 444 g/mol. The van der Waals surface area contributed by atoms with E-state index in [-0.39, 0.29) is 11.9 Å². The fourth-order valence-electron chi connectivity index (χ4n) is 3.95. The first-order chi connectivity index (χ1) is 16.9. The number of carbonyl (C=O) groups excluding carboxylic acids is 2. The van der Waals surface area contributed by atoms with E-state index in [0.717, 1.165) is 53.5 Å². The van der Waals surface area contributed by atoms with Crippen molar-refractivity contribution >= 4 is 28.5 Å². The summed E-state index contributed by atoms with van der Waals surface area (Å²) in [6.45, 7) is 1.92. The van der Waals surface area contributed by atoms with Crippen LogP contribution in [-0.2, 0) is 11.8 Å². The smallest absolute Gasteiger partial charge is 0.321 e. The summed E-state index contributed by atoms with van der Waals surface area (Å²) in [5, 5.41) is 17.0. The molecular formula is C26H36N6O3. The maximum atomic E-state index is 13.0. The predicted octanol–water partition coefficient (Wildman–Crippen LogP) is 3.77. The van der Waals surface area contributed by atoms with Crippen molar-refractivity contribution in [2.75, 3.05) is 38.6 Å². The highest BCUT2D eigenvalue weighted by molar-refractivity contribution is 5.92. The number of hydrogen-bond acceptors (Lipinski definition) is 5. The molecule has 9 nitrogen and oxygen atoms in total. The Morgan fingerprint density at radius 3 is 2.40 bits per heavy atom. The lowest BCUT2D eigenvalue weighted by Gasteiger charge is -2.24. The Balaban J connectivity index is 1.67. The number of aryl methyl sites for hydroxylation is 1. The van der Waals surface area contributed by atoms with Crippen LogP contribution < -0.4 is 15.7 Å². The highest BCUT2D eigenvalue weighted by Gasteiger charge is 2.15. The maximum absolute atomic E-state index is 13.0. The van der Waals surface area contributed by atoms with E-state index in [1.54, 1.807) is 10.4 Å². The van der Waals surface area contributed by atoms with Gasteiger partial charge in [-0.2, -0.15) is 5.10 Å². The number of amides is 3. The van der Waals surface area contributed by atoms with E-state index in [9.17, 15) is 9.59 Å². The van der Waals surface area contributed by atoms with Gasteiger partial charge in [0.25, 0.3) is 0 Å². The van der Waals surface area contributed by atoms with Crippen LogP contribution in [-0.4, -0.2) is 65.6 Å². The number of fused-ring (bicyclic) bond motifs is 1. The van der Waals surface area contributed by atoms with Crippen molar-refractivity contribution in [3.63, 3.8) is 0 Å². The molecule has 3 N–H and O–H groups in total. The number of rotatable bonds is 12. The van der Waals surface area contributed by atoms with Crippen LogP contribution in [0.1, 0.15) is 32.1 Å². The number of nitrogens with one attached hydrogen (secondary N) is 2. The molecule has 0 fully saturated rings. The van der Waals surface area contributed by atoms with Gasteiger partial charge in [-0.25, -0.2) is 10.3 Å². The van der Waals surface area contributed by atoms with Crippen LogP contribution in [0, 0.1) is 0 Å². The second-order valence-corrected chi connectivity index (χ2v) is 8.97. The molecule has 3 rings (SSSR count). The van der Waals surface area contributed by atoms with E-state index >= 15 is 0 Å². The first-order valence-electron chi connectivity index (χ1n) is 12.0. The largest absolute Gasteiger partial charge is 0.336 e. The average molecular weight is 481 g/mol. The van der Waals surface area contributed by atoms with Crippen LogP contribution in [0.3, 0.4) is 0 Å². The third-order valence-corrected chi connectivity index (χ3v) is 6.00. The van der Waals surface area contributed by atoms with Gasteiger partial charge < -0.3 is 10.2 Å². The number of likely N-dealkylation sites (N-methyl/N-ethyl adjacent to an activating group) is 1. The summed E-state index contributed by atoms with van der Waals surface area (Å²) in [7, 11) is 5.88. The summed E-state index contributed by atoms with van der Waals surface area (Å²) in [6, 6.07) is 14.2. The number of carbonyl (C=O) groups is 2. The summed E-state index contributed by atoms with van der Waals surface area (Å²) < 4.78 is 1.86. The minimum atomic E-state index is -0.366. The molecule has 2 aromatic carbocycles. The zero-order chi connectivity index (χ0) is 25.2. The minimum Gasteiger partial charge on any atom is -0.336 e. The van der Waals surface area contributed by atoms with Crippen molar-refractivity contribution in [3.05, 3.63) is 48.7 Å². The normalized spacial score (nSPS) is 11.1. The molecule has 0 bridgehead atoms. The number of nitrogens with zero attached hydrogens (tertiary/aromatic N) is 4. The summed E-state index contributed by atoms with van der Waals surface area (Å²) in [6.07, 6.45) is 5.44. The van der Waals surface area contributed by atoms with Gasteiger partial charge >= 0.3 is 6.03 Å². The molecule has 35 heavy (non-hydrogen) atoms. The van der Waals surface area contributed by atoms with Gasteiger partial charge in [0.15, 0.2) is 0 Å². The average Bonchev–Trinajstić information content (AvgIpc) is 3.23. The van der Waals surface area contributed by atoms with Crippen LogP contribution in [0.4, 0.5) is 10.5 Å². The summed E-state index contributed by atoms with van der Waals surface area (Å²) in [5.74, 6) is -0.366. The molecule has 1 heterocycles. The van der Waals surface area contributed by atoms with E-state index in [2.05, 4.69) is 28.6 Å². The first kappa shape index (κ1) is 26.2. The highest BCUT2D eigenvalue weighted by atomic mass is 16.5. The van der Waals surface area contributed by atoms with Crippen molar-refractivity contribution in [2.45, 2.75) is 32.1 Å². The first-order valence-corrected chi connectivity index (χ1v) is 12.0. The molecule has 3 amide bonds. The molecule has 0 aliphatic heterocycles. The van der Waals surface area contributed by atoms with E-state index < -0.39 is 0 Å². The number of unbranched alkanes of at least 4 members (excludes halogenated alkanes) is 3. The standard InChI is InChI=1S/C26H36N6O3/c1-30(2)17-15-27-26(34)32(16-7-5-4-6-8-25(33)29-35)23-13-11-20(12-14-23)21-9-10-22-19-28-31(3)24(22)18-21/h9-14,18-19,35H,4-8,15-17H2,1-3H3,(H,27,34)(H,29,33). The Hall–Kier alpha value is -3.43. The SMILES string of the molecule is CN(C)CCNC(=O)N(CCCCCCC(=O)NO)c1ccc(-c2ccc3cnn(C)c3c2)cc1. The molecule has 0 atom stereocenters. The van der Waals surface area contributed by atoms with Crippen molar-refractivity contribution in [3.8, 4) is 11.1 Å². The Morgan fingerprint density at radius 1 is 0.971 bits per heavy atom. The number of benzene rings is 2. The van der Waals surface area contributed by atoms with Crippen LogP contribution >= 0.6 is 0 Å². The van der Waals surface area contributed by atoms with Gasteiger partial charge in [-0.3, -0.25) is 19.6 Å². The third-order valence-electron chi connectivity index (χ3n) is 6.00. The van der Waals surface area contributed by atoms with E-state index in [1.165, 1.54) is 0 Å². The summed E-state index contributed by atoms with van der Waals surface area (Å²) >= 11 is 0. The van der Waals surface area contributed by atoms with Crippen molar-refractivity contribution in [2.24, 2.45) is 7.05 Å². The number of anilines is 1. The Bertz CT molecular complexity index is 1110. The second-order valence-electron chi connectivity index (χ2n) is 8.97. The third kappa shape index (κ3) is 7.53. The van der Waals surface area contributed by atoms with Gasteiger partial charge in [-0.15, -0.1) is 0 Å². The minimum absolute atomic E-state index is 0.115. The Labute approximate surface area is 206 Å². The predicted molar refractivity (Wildman–Crippen MR) is 138 cm³/mol. The van der Waals surface area contributed by atoms with Gasteiger partial charge in [0, 0.05) is 44.2 Å². The number of hydrogen-bond donors (Lipinski definition) is 3. The fraction of sp³-hybridized carbons (Fsp3) is 0.423. The van der Waals surface area contributed by atoms with Gasteiger partial charge in [0.2, 0.25) is 5.91 Å². The second kappa shape index (κ2) is 12.9. The maximum Gasteiger partial charge on any atom is 0.321 e. The van der Waals surface area contributed by atoms with E-state index in [0.29, 0.717) is 25.9 Å². The molecule has 9 heteroatoms. The summed E-state index contributed by atoms with van der Waals surface area (Å²) in [5.41, 5.74) is 5.75. The molecule has 3 aromatic rings. The zero-order valence-electron chi connectivity index (χ0n) is 20.8. The van der Waals surface area contributed by atoms with Gasteiger partial charge in [0.1, 0.15) is 0 Å². The monoisotopic (exact) mass is 480 g/mol. The lowest BCUT2D eigenvalue weighted by molar-refractivity contribution is -0.129. The molecule has 0 radical (unpaired) electrons. The van der Waals surface area contributed by atoms with E-state index in [1.807, 2.05) is 61.2 Å². The topological polar surface area (TPSA) is 103 Å². The number of aromatic nitrogens is 2. The van der Waals surface area contributed by atoms with Crippen LogP contribution in [0.15, 0.2) is 48.7 Å². The molecule has 0 saturated heterocycles. The highest BCUT2D eigenvalue weighted by Crippen LogP contribution is 2.27. The van der Waals surface area contributed by atoms with E-state index in [4.69, 9.17) is 5.21 Å². The van der Waals surface area contributed by atoms with Crippen LogP contribution in [0.5, 0.6) is 0 Å². The molecule has 0 aliphatic carbocycles. The van der Waals surface area contributed by atoms with Gasteiger partial charge in [0.05, 0.1) is 11.7 Å².